The van der Waals surface area contributed by atoms with Gasteiger partial charge in [0.15, 0.2) is 5.78 Å². The first-order chi connectivity index (χ1) is 7.00. The van der Waals surface area contributed by atoms with Gasteiger partial charge < -0.3 is 5.32 Å². The molecule has 0 saturated heterocycles. The lowest BCUT2D eigenvalue weighted by atomic mass is 10.0. The molecule has 0 unspecified atom stereocenters. The van der Waals surface area contributed by atoms with E-state index in [0.29, 0.717) is 11.3 Å². The number of hydrogen-bond acceptors (Lipinski definition) is 2. The molecule has 1 N–H and O–H groups in total. The largest absolute Gasteiger partial charge is 0.326 e. The van der Waals surface area contributed by atoms with E-state index in [0.717, 1.165) is 0 Å². The number of ketones is 1. The minimum absolute atomic E-state index is 0.00313. The molecular formula is C12H15NO2. The predicted molar refractivity (Wildman–Crippen MR) is 59.9 cm³/mol. The molecule has 0 aliphatic rings. The highest BCUT2D eigenvalue weighted by Crippen LogP contribution is 2.13. The lowest BCUT2D eigenvalue weighted by molar-refractivity contribution is -0.114. The van der Waals surface area contributed by atoms with E-state index in [1.807, 2.05) is 13.8 Å². The van der Waals surface area contributed by atoms with Gasteiger partial charge in [-0.2, -0.15) is 0 Å². The van der Waals surface area contributed by atoms with Gasteiger partial charge in [0, 0.05) is 24.1 Å². The summed E-state index contributed by atoms with van der Waals surface area (Å²) in [6, 6.07) is 6.93. The Hall–Kier alpha value is -1.64. The average Bonchev–Trinajstić information content (AvgIpc) is 2.17. The molecule has 0 radical (unpaired) electrons. The van der Waals surface area contributed by atoms with Gasteiger partial charge in [0.25, 0.3) is 0 Å². The smallest absolute Gasteiger partial charge is 0.221 e. The molecule has 0 aliphatic heterocycles. The highest BCUT2D eigenvalue weighted by molar-refractivity contribution is 5.98. The summed E-state index contributed by atoms with van der Waals surface area (Å²) < 4.78 is 0. The van der Waals surface area contributed by atoms with Gasteiger partial charge in [-0.25, -0.2) is 0 Å². The van der Waals surface area contributed by atoms with Gasteiger partial charge in [0.1, 0.15) is 0 Å². The van der Waals surface area contributed by atoms with Crippen molar-refractivity contribution in [2.45, 2.75) is 20.8 Å². The molecule has 1 aromatic carbocycles. The Kier molecular flexibility index (Phi) is 3.61. The monoisotopic (exact) mass is 205 g/mol. The minimum atomic E-state index is -0.113. The van der Waals surface area contributed by atoms with E-state index in [4.69, 9.17) is 0 Å². The number of benzene rings is 1. The molecule has 0 spiro atoms. The number of carbonyl (C=O) groups is 2. The van der Waals surface area contributed by atoms with Crippen LogP contribution < -0.4 is 5.32 Å². The van der Waals surface area contributed by atoms with E-state index in [-0.39, 0.29) is 17.6 Å². The van der Waals surface area contributed by atoms with Gasteiger partial charge in [-0.15, -0.1) is 0 Å². The number of nitrogens with one attached hydrogen (secondary N) is 1. The summed E-state index contributed by atoms with van der Waals surface area (Å²) in [4.78, 5) is 22.4. The Balaban J connectivity index is 2.81. The van der Waals surface area contributed by atoms with Crippen molar-refractivity contribution >= 4 is 17.4 Å². The molecule has 3 nitrogen and oxygen atoms in total. The summed E-state index contributed by atoms with van der Waals surface area (Å²) >= 11 is 0. The van der Waals surface area contributed by atoms with E-state index in [1.165, 1.54) is 6.92 Å². The number of anilines is 1. The van der Waals surface area contributed by atoms with Gasteiger partial charge in [-0.1, -0.05) is 13.8 Å². The van der Waals surface area contributed by atoms with Gasteiger partial charge in [0.05, 0.1) is 0 Å². The van der Waals surface area contributed by atoms with Crippen molar-refractivity contribution in [1.82, 2.24) is 0 Å². The van der Waals surface area contributed by atoms with Crippen LogP contribution in [0.5, 0.6) is 0 Å². The van der Waals surface area contributed by atoms with Crippen molar-refractivity contribution in [1.29, 1.82) is 0 Å². The highest BCUT2D eigenvalue weighted by Gasteiger charge is 2.09. The summed E-state index contributed by atoms with van der Waals surface area (Å²) in [7, 11) is 0. The first kappa shape index (κ1) is 11.4. The van der Waals surface area contributed by atoms with Crippen LogP contribution >= 0.6 is 0 Å². The Labute approximate surface area is 89.5 Å². The van der Waals surface area contributed by atoms with Gasteiger partial charge in [0.2, 0.25) is 5.91 Å². The molecule has 1 aromatic rings. The fraction of sp³-hybridized carbons (Fsp3) is 0.333. The van der Waals surface area contributed by atoms with Crippen LogP contribution in [0, 0.1) is 5.92 Å². The summed E-state index contributed by atoms with van der Waals surface area (Å²) in [5.74, 6) is -0.000993. The molecule has 3 heteroatoms. The van der Waals surface area contributed by atoms with Crippen LogP contribution in [0.2, 0.25) is 0 Å². The number of amides is 1. The van der Waals surface area contributed by atoms with Gasteiger partial charge in [-0.05, 0) is 24.3 Å². The first-order valence-corrected chi connectivity index (χ1v) is 4.92. The van der Waals surface area contributed by atoms with Crippen LogP contribution in [-0.2, 0) is 4.79 Å². The van der Waals surface area contributed by atoms with Crippen LogP contribution in [0.15, 0.2) is 24.3 Å². The molecule has 0 saturated carbocycles. The van der Waals surface area contributed by atoms with Crippen molar-refractivity contribution < 1.29 is 9.59 Å². The van der Waals surface area contributed by atoms with E-state index in [2.05, 4.69) is 5.32 Å². The molecule has 15 heavy (non-hydrogen) atoms. The Morgan fingerprint density at radius 2 is 1.67 bits per heavy atom. The molecule has 80 valence electrons. The zero-order valence-electron chi connectivity index (χ0n) is 9.20. The normalized spacial score (nSPS) is 10.1. The number of rotatable bonds is 3. The quantitative estimate of drug-likeness (QED) is 0.770. The van der Waals surface area contributed by atoms with Crippen LogP contribution in [0.4, 0.5) is 5.69 Å². The zero-order chi connectivity index (χ0) is 11.4. The SMILES string of the molecule is CC(=O)Nc1ccc(C(=O)C(C)C)cc1. The lowest BCUT2D eigenvalue weighted by Gasteiger charge is -2.05. The van der Waals surface area contributed by atoms with Crippen molar-refractivity contribution in [3.63, 3.8) is 0 Å². The van der Waals surface area contributed by atoms with Crippen LogP contribution in [0.1, 0.15) is 31.1 Å². The van der Waals surface area contributed by atoms with Gasteiger partial charge >= 0.3 is 0 Å². The predicted octanol–water partition coefficient (Wildman–Crippen LogP) is 2.48. The Bertz CT molecular complexity index is 366. The van der Waals surface area contributed by atoms with Gasteiger partial charge in [-0.3, -0.25) is 9.59 Å². The third-order valence-corrected chi connectivity index (χ3v) is 2.01. The topological polar surface area (TPSA) is 46.2 Å². The first-order valence-electron chi connectivity index (χ1n) is 4.92. The molecule has 0 bridgehead atoms. The number of Topliss-reactive ketones (excluding diaryl/α,β-unsaturated/α-hetero) is 1. The second-order valence-corrected chi connectivity index (χ2v) is 3.78. The van der Waals surface area contributed by atoms with Crippen molar-refractivity contribution in [3.8, 4) is 0 Å². The van der Waals surface area contributed by atoms with Crippen LogP contribution in [0.3, 0.4) is 0 Å². The second kappa shape index (κ2) is 4.73. The van der Waals surface area contributed by atoms with Crippen LogP contribution in [-0.4, -0.2) is 11.7 Å². The van der Waals surface area contributed by atoms with E-state index >= 15 is 0 Å². The lowest BCUT2D eigenvalue weighted by Crippen LogP contribution is -2.08. The van der Waals surface area contributed by atoms with Crippen molar-refractivity contribution in [2.24, 2.45) is 5.92 Å². The maximum Gasteiger partial charge on any atom is 0.221 e. The standard InChI is InChI=1S/C12H15NO2/c1-8(2)12(15)10-4-6-11(7-5-10)13-9(3)14/h4-8H,1-3H3,(H,13,14). The molecule has 1 rings (SSSR count). The fourth-order valence-electron chi connectivity index (χ4n) is 1.25. The van der Waals surface area contributed by atoms with E-state index in [9.17, 15) is 9.59 Å². The second-order valence-electron chi connectivity index (χ2n) is 3.78. The molecular weight excluding hydrogens is 190 g/mol. The Morgan fingerprint density at radius 3 is 2.07 bits per heavy atom. The molecule has 1 amide bonds. The maximum atomic E-state index is 11.6. The molecule has 0 fully saturated rings. The summed E-state index contributed by atoms with van der Waals surface area (Å²) in [6.45, 7) is 5.18. The van der Waals surface area contributed by atoms with Crippen molar-refractivity contribution in [3.05, 3.63) is 29.8 Å². The fourth-order valence-corrected chi connectivity index (χ4v) is 1.25. The molecule has 0 aliphatic carbocycles. The summed E-state index contributed by atoms with van der Waals surface area (Å²) in [5, 5.41) is 2.65. The number of hydrogen-bond donors (Lipinski definition) is 1. The molecule has 0 aromatic heterocycles. The summed E-state index contributed by atoms with van der Waals surface area (Å²) in [5.41, 5.74) is 1.39. The average molecular weight is 205 g/mol. The van der Waals surface area contributed by atoms with Crippen molar-refractivity contribution in [2.75, 3.05) is 5.32 Å². The van der Waals surface area contributed by atoms with E-state index < -0.39 is 0 Å². The minimum Gasteiger partial charge on any atom is -0.326 e. The number of carbonyl (C=O) groups excluding carboxylic acids is 2. The van der Waals surface area contributed by atoms with Crippen LogP contribution in [0.25, 0.3) is 0 Å². The zero-order valence-corrected chi connectivity index (χ0v) is 9.20. The maximum absolute atomic E-state index is 11.6. The third-order valence-electron chi connectivity index (χ3n) is 2.01. The van der Waals surface area contributed by atoms with E-state index in [1.54, 1.807) is 24.3 Å². The summed E-state index contributed by atoms with van der Waals surface area (Å²) in [6.07, 6.45) is 0. The third kappa shape index (κ3) is 3.20. The molecule has 0 atom stereocenters. The molecule has 0 heterocycles. The highest BCUT2D eigenvalue weighted by atomic mass is 16.1. The Morgan fingerprint density at radius 1 is 1.13 bits per heavy atom.